The van der Waals surface area contributed by atoms with E-state index in [1.807, 2.05) is 44.2 Å². The van der Waals surface area contributed by atoms with Crippen LogP contribution in [0.1, 0.15) is 52.0 Å². The van der Waals surface area contributed by atoms with E-state index in [0.717, 1.165) is 14.5 Å². The Bertz CT molecular complexity index is 1430. The van der Waals surface area contributed by atoms with Gasteiger partial charge in [-0.15, -0.1) is 11.3 Å². The summed E-state index contributed by atoms with van der Waals surface area (Å²) in [5.41, 5.74) is 1.53. The Kier molecular flexibility index (Phi) is 5.81. The van der Waals surface area contributed by atoms with Crippen LogP contribution in [-0.2, 0) is 14.9 Å². The Labute approximate surface area is 206 Å². The number of fused-ring (bicyclic) bond motifs is 1. The lowest BCUT2D eigenvalue weighted by Gasteiger charge is -2.14. The maximum Gasteiger partial charge on any atom is 0.412 e. The fourth-order valence-electron chi connectivity index (χ4n) is 3.35. The van der Waals surface area contributed by atoms with Crippen molar-refractivity contribution in [2.75, 3.05) is 5.32 Å². The number of rotatable bonds is 5. The minimum absolute atomic E-state index is 0.404. The summed E-state index contributed by atoms with van der Waals surface area (Å²) in [6, 6.07) is 9.48. The molecule has 1 aliphatic carbocycles. The predicted octanol–water partition coefficient (Wildman–Crippen LogP) is 5.34. The number of nitrogens with zero attached hydrogens (tertiary/aromatic N) is 3. The van der Waals surface area contributed by atoms with Crippen LogP contribution in [0.4, 0.5) is 10.5 Å². The first-order valence-corrected chi connectivity index (χ1v) is 12.8. The van der Waals surface area contributed by atoms with Crippen molar-refractivity contribution in [3.8, 4) is 11.8 Å². The molecule has 1 fully saturated rings. The number of ether oxygens (including phenoxy) is 1. The molecule has 172 valence electrons. The smallest absolute Gasteiger partial charge is 0.412 e. The Morgan fingerprint density at radius 2 is 1.94 bits per heavy atom. The molecule has 1 aromatic carbocycles. The molecule has 0 bridgehead atoms. The van der Waals surface area contributed by atoms with Crippen molar-refractivity contribution in [2.24, 2.45) is 0 Å². The molecular formula is C23H18N4O4S3. The van der Waals surface area contributed by atoms with Crippen LogP contribution < -0.4 is 5.32 Å². The molecule has 3 heterocycles. The van der Waals surface area contributed by atoms with E-state index in [-0.39, 0.29) is 0 Å². The molecule has 4 aromatic rings. The molecule has 8 nitrogen and oxygen atoms in total. The number of carboxylic acid groups (broad SMARTS) is 1. The molecule has 5 rings (SSSR count). The van der Waals surface area contributed by atoms with Crippen LogP contribution in [0, 0.1) is 18.8 Å². The number of carboxylic acids is 1. The zero-order valence-corrected chi connectivity index (χ0v) is 20.6. The lowest BCUT2D eigenvalue weighted by Crippen LogP contribution is -2.18. The molecule has 3 aromatic heterocycles. The van der Waals surface area contributed by atoms with Gasteiger partial charge in [-0.05, 0) is 55.6 Å². The number of aromatic nitrogens is 3. The standard InChI is InChI=1S/C23H18N4O4S3/c1-12(14-6-4-3-5-7-14)31-22(30)25-17-13(2)34-27-15(17)8-9-16-24-18-19(32-16)33-20(26-18)23(10-11-23)21(28)29/h3-7,12H,10-11H2,1-2H3,(H,25,30)(H,28,29). The van der Waals surface area contributed by atoms with Gasteiger partial charge in [0, 0.05) is 4.88 Å². The van der Waals surface area contributed by atoms with Crippen molar-refractivity contribution in [1.82, 2.24) is 14.3 Å². The minimum atomic E-state index is -0.831. The molecule has 1 amide bonds. The maximum absolute atomic E-state index is 12.5. The third kappa shape index (κ3) is 4.27. The first kappa shape index (κ1) is 22.5. The molecule has 0 aliphatic heterocycles. The molecule has 0 saturated heterocycles. The third-order valence-corrected chi connectivity index (χ3v) is 8.53. The summed E-state index contributed by atoms with van der Waals surface area (Å²) in [7, 11) is 0. The Morgan fingerprint density at radius 3 is 2.62 bits per heavy atom. The maximum atomic E-state index is 12.5. The van der Waals surface area contributed by atoms with Crippen LogP contribution >= 0.6 is 34.2 Å². The summed E-state index contributed by atoms with van der Waals surface area (Å²) in [4.78, 5) is 33.7. The van der Waals surface area contributed by atoms with Crippen LogP contribution in [0.25, 0.3) is 9.66 Å². The zero-order chi connectivity index (χ0) is 23.9. The number of anilines is 1. The normalized spacial score (nSPS) is 14.8. The van der Waals surface area contributed by atoms with Crippen LogP contribution in [0.15, 0.2) is 30.3 Å². The summed E-state index contributed by atoms with van der Waals surface area (Å²) in [6.07, 6.45) is 0.239. The molecule has 1 saturated carbocycles. The van der Waals surface area contributed by atoms with Crippen molar-refractivity contribution in [3.05, 3.63) is 56.5 Å². The van der Waals surface area contributed by atoms with Crippen LogP contribution in [0.2, 0.25) is 0 Å². The second-order valence-electron chi connectivity index (χ2n) is 7.83. The molecule has 0 spiro atoms. The number of hydrogen-bond donors (Lipinski definition) is 2. The van der Waals surface area contributed by atoms with E-state index < -0.39 is 23.6 Å². The number of thiazole rings is 2. The molecule has 0 radical (unpaired) electrons. The van der Waals surface area contributed by atoms with Gasteiger partial charge in [0.2, 0.25) is 0 Å². The van der Waals surface area contributed by atoms with Gasteiger partial charge in [0.1, 0.15) is 20.5 Å². The van der Waals surface area contributed by atoms with E-state index in [1.54, 1.807) is 0 Å². The van der Waals surface area contributed by atoms with Crippen molar-refractivity contribution in [3.63, 3.8) is 0 Å². The van der Waals surface area contributed by atoms with Crippen molar-refractivity contribution in [2.45, 2.75) is 38.2 Å². The second kappa shape index (κ2) is 8.79. The fourth-order valence-corrected chi connectivity index (χ4v) is 6.16. The number of aryl methyl sites for hydroxylation is 1. The Balaban J connectivity index is 1.30. The molecule has 2 N–H and O–H groups in total. The molecule has 34 heavy (non-hydrogen) atoms. The first-order valence-electron chi connectivity index (χ1n) is 10.4. The highest BCUT2D eigenvalue weighted by Crippen LogP contribution is 2.51. The highest BCUT2D eigenvalue weighted by molar-refractivity contribution is 7.38. The topological polar surface area (TPSA) is 114 Å². The van der Waals surface area contributed by atoms with Crippen molar-refractivity contribution < 1.29 is 19.4 Å². The number of aliphatic carboxylic acids is 1. The van der Waals surface area contributed by atoms with Gasteiger partial charge < -0.3 is 9.84 Å². The van der Waals surface area contributed by atoms with Gasteiger partial charge >= 0.3 is 12.1 Å². The van der Waals surface area contributed by atoms with E-state index in [9.17, 15) is 14.7 Å². The molecule has 11 heteroatoms. The van der Waals surface area contributed by atoms with Crippen LogP contribution in [-0.4, -0.2) is 31.5 Å². The van der Waals surface area contributed by atoms with Crippen LogP contribution in [0.5, 0.6) is 0 Å². The van der Waals surface area contributed by atoms with Gasteiger partial charge in [0.15, 0.2) is 16.3 Å². The first-order chi connectivity index (χ1) is 16.4. The summed E-state index contributed by atoms with van der Waals surface area (Å²) >= 11 is 3.97. The van der Waals surface area contributed by atoms with Gasteiger partial charge in [-0.3, -0.25) is 10.1 Å². The highest BCUT2D eigenvalue weighted by Gasteiger charge is 2.54. The number of benzene rings is 1. The van der Waals surface area contributed by atoms with Gasteiger partial charge in [-0.25, -0.2) is 14.8 Å². The number of hydrogen-bond acceptors (Lipinski definition) is 9. The SMILES string of the molecule is Cc1snc(C#Cc2nc3nc(C4(C(=O)O)CC4)sc3s2)c1NC(=O)OC(C)c1ccccc1. The summed E-state index contributed by atoms with van der Waals surface area (Å²) in [5, 5.41) is 13.4. The van der Waals surface area contributed by atoms with Gasteiger partial charge in [0.25, 0.3) is 0 Å². The van der Waals surface area contributed by atoms with E-state index >= 15 is 0 Å². The quantitative estimate of drug-likeness (QED) is 0.348. The molecule has 1 unspecified atom stereocenters. The Hall–Kier alpha value is -3.33. The molecule has 1 atom stereocenters. The van der Waals surface area contributed by atoms with Gasteiger partial charge in [0.05, 0.1) is 5.69 Å². The molecule has 1 aliphatic rings. The average molecular weight is 511 g/mol. The third-order valence-electron chi connectivity index (χ3n) is 5.48. The average Bonchev–Trinajstić information content (AvgIpc) is 3.26. The summed E-state index contributed by atoms with van der Waals surface area (Å²) < 4.78 is 10.7. The van der Waals surface area contributed by atoms with Crippen molar-refractivity contribution in [1.29, 1.82) is 0 Å². The summed E-state index contributed by atoms with van der Waals surface area (Å²) in [6.45, 7) is 3.66. The Morgan fingerprint density at radius 1 is 1.18 bits per heavy atom. The fraction of sp³-hybridized carbons (Fsp3) is 0.261. The van der Waals surface area contributed by atoms with E-state index in [0.29, 0.717) is 39.9 Å². The lowest BCUT2D eigenvalue weighted by molar-refractivity contribution is -0.140. The second-order valence-corrected chi connectivity index (χ2v) is 11.1. The van der Waals surface area contributed by atoms with E-state index in [2.05, 4.69) is 31.5 Å². The highest BCUT2D eigenvalue weighted by atomic mass is 32.2. The number of carbonyl (C=O) groups excluding carboxylic acids is 1. The minimum Gasteiger partial charge on any atom is -0.481 e. The van der Waals surface area contributed by atoms with E-state index in [4.69, 9.17) is 4.74 Å². The largest absolute Gasteiger partial charge is 0.481 e. The van der Waals surface area contributed by atoms with E-state index in [1.165, 1.54) is 34.2 Å². The zero-order valence-electron chi connectivity index (χ0n) is 18.1. The number of nitrogens with one attached hydrogen (secondary N) is 1. The van der Waals surface area contributed by atoms with Crippen LogP contribution in [0.3, 0.4) is 0 Å². The van der Waals surface area contributed by atoms with Crippen molar-refractivity contribution >= 4 is 61.6 Å². The van der Waals surface area contributed by atoms with Gasteiger partial charge in [-0.2, -0.15) is 4.37 Å². The predicted molar refractivity (Wildman–Crippen MR) is 132 cm³/mol. The number of amides is 1. The lowest BCUT2D eigenvalue weighted by atomic mass is 10.1. The monoisotopic (exact) mass is 510 g/mol. The molecular weight excluding hydrogens is 492 g/mol. The number of carbonyl (C=O) groups is 2. The summed E-state index contributed by atoms with van der Waals surface area (Å²) in [5.74, 6) is 5.13. The van der Waals surface area contributed by atoms with Gasteiger partial charge in [-0.1, -0.05) is 41.7 Å².